The maximum atomic E-state index is 10.4. The number of nitrogens with one attached hydrogen (secondary N) is 1. The second-order valence-electron chi connectivity index (χ2n) is 3.82. The molecule has 0 saturated carbocycles. The van der Waals surface area contributed by atoms with Crippen molar-refractivity contribution >= 4 is 5.97 Å². The molecule has 0 aliphatic rings. The molecule has 0 spiro atoms. The first-order valence-corrected chi connectivity index (χ1v) is 5.87. The zero-order valence-electron chi connectivity index (χ0n) is 10.1. The molecule has 0 bridgehead atoms. The van der Waals surface area contributed by atoms with E-state index in [0.717, 1.165) is 24.9 Å². The smallest absolute Gasteiger partial charge is 0.341 e. The summed E-state index contributed by atoms with van der Waals surface area (Å²) in [5.41, 5.74) is 0.991. The van der Waals surface area contributed by atoms with Gasteiger partial charge in [-0.15, -0.1) is 0 Å². The lowest BCUT2D eigenvalue weighted by atomic mass is 10.2. The van der Waals surface area contributed by atoms with E-state index in [0.29, 0.717) is 12.3 Å². The van der Waals surface area contributed by atoms with Crippen molar-refractivity contribution in [2.75, 3.05) is 13.2 Å². The van der Waals surface area contributed by atoms with E-state index in [9.17, 15) is 4.79 Å². The first-order valence-electron chi connectivity index (χ1n) is 5.87. The molecular formula is C13H19NO3. The van der Waals surface area contributed by atoms with Crippen molar-refractivity contribution in [1.29, 1.82) is 0 Å². The van der Waals surface area contributed by atoms with E-state index in [-0.39, 0.29) is 6.61 Å². The fourth-order valence-corrected chi connectivity index (χ4v) is 1.46. The number of hydrogen-bond acceptors (Lipinski definition) is 3. The molecule has 4 nitrogen and oxygen atoms in total. The standard InChI is InChI=1S/C13H19NO3/c1-2-3-8-14-9-11-6-4-5-7-12(11)17-10-13(15)16/h4-7,14H,2-3,8-10H2,1H3,(H,15,16). The molecule has 0 atom stereocenters. The Labute approximate surface area is 102 Å². The van der Waals surface area contributed by atoms with Crippen LogP contribution in [-0.2, 0) is 11.3 Å². The van der Waals surface area contributed by atoms with Crippen molar-refractivity contribution in [2.24, 2.45) is 0 Å². The van der Waals surface area contributed by atoms with Gasteiger partial charge in [-0.1, -0.05) is 31.5 Å². The van der Waals surface area contributed by atoms with Gasteiger partial charge in [0.1, 0.15) is 5.75 Å². The zero-order chi connectivity index (χ0) is 12.5. The van der Waals surface area contributed by atoms with E-state index >= 15 is 0 Å². The lowest BCUT2D eigenvalue weighted by molar-refractivity contribution is -0.139. The largest absolute Gasteiger partial charge is 0.482 e. The highest BCUT2D eigenvalue weighted by Gasteiger charge is 2.04. The van der Waals surface area contributed by atoms with Crippen molar-refractivity contribution in [1.82, 2.24) is 5.32 Å². The fraction of sp³-hybridized carbons (Fsp3) is 0.462. The normalized spacial score (nSPS) is 10.2. The molecule has 1 aromatic carbocycles. The first kappa shape index (κ1) is 13.5. The number of hydrogen-bond donors (Lipinski definition) is 2. The second-order valence-corrected chi connectivity index (χ2v) is 3.82. The number of carboxylic acid groups (broad SMARTS) is 1. The minimum absolute atomic E-state index is 0.300. The number of rotatable bonds is 8. The van der Waals surface area contributed by atoms with Crippen LogP contribution in [0.4, 0.5) is 0 Å². The lowest BCUT2D eigenvalue weighted by Gasteiger charge is -2.10. The molecule has 0 heterocycles. The van der Waals surface area contributed by atoms with Gasteiger partial charge in [0.25, 0.3) is 0 Å². The molecule has 0 aliphatic carbocycles. The van der Waals surface area contributed by atoms with Gasteiger partial charge in [0.15, 0.2) is 6.61 Å². The highest BCUT2D eigenvalue weighted by atomic mass is 16.5. The van der Waals surface area contributed by atoms with Crippen LogP contribution in [0.25, 0.3) is 0 Å². The van der Waals surface area contributed by atoms with Crippen molar-refractivity contribution in [3.8, 4) is 5.75 Å². The summed E-state index contributed by atoms with van der Waals surface area (Å²) in [6, 6.07) is 7.49. The molecule has 0 radical (unpaired) electrons. The van der Waals surface area contributed by atoms with E-state index in [1.54, 1.807) is 6.07 Å². The molecule has 94 valence electrons. The molecule has 1 rings (SSSR count). The third kappa shape index (κ3) is 5.36. The van der Waals surface area contributed by atoms with Crippen molar-refractivity contribution in [3.05, 3.63) is 29.8 Å². The van der Waals surface area contributed by atoms with Crippen molar-refractivity contribution < 1.29 is 14.6 Å². The molecule has 1 aromatic rings. The quantitative estimate of drug-likeness (QED) is 0.679. The van der Waals surface area contributed by atoms with Crippen LogP contribution >= 0.6 is 0 Å². The van der Waals surface area contributed by atoms with Crippen LogP contribution in [0.2, 0.25) is 0 Å². The summed E-state index contributed by atoms with van der Waals surface area (Å²) < 4.78 is 5.22. The molecule has 17 heavy (non-hydrogen) atoms. The predicted molar refractivity (Wildman–Crippen MR) is 66.2 cm³/mol. The molecule has 0 saturated heterocycles. The number of aliphatic carboxylic acids is 1. The van der Waals surface area contributed by atoms with Gasteiger partial charge in [-0.05, 0) is 19.0 Å². The molecule has 0 aromatic heterocycles. The Morgan fingerprint density at radius 3 is 2.88 bits per heavy atom. The lowest BCUT2D eigenvalue weighted by Crippen LogP contribution is -2.16. The Morgan fingerprint density at radius 1 is 1.41 bits per heavy atom. The number of carbonyl (C=O) groups is 1. The Hall–Kier alpha value is -1.55. The third-order valence-corrected chi connectivity index (χ3v) is 2.35. The highest BCUT2D eigenvalue weighted by molar-refractivity contribution is 5.68. The SMILES string of the molecule is CCCCNCc1ccccc1OCC(=O)O. The van der Waals surface area contributed by atoms with Gasteiger partial charge in [0.2, 0.25) is 0 Å². The summed E-state index contributed by atoms with van der Waals surface area (Å²) in [6.07, 6.45) is 2.29. The van der Waals surface area contributed by atoms with Gasteiger partial charge in [-0.2, -0.15) is 0 Å². The molecule has 0 aliphatic heterocycles. The van der Waals surface area contributed by atoms with Crippen LogP contribution in [0.15, 0.2) is 24.3 Å². The van der Waals surface area contributed by atoms with E-state index in [1.165, 1.54) is 0 Å². The minimum Gasteiger partial charge on any atom is -0.482 e. The number of benzene rings is 1. The van der Waals surface area contributed by atoms with Crippen molar-refractivity contribution in [2.45, 2.75) is 26.3 Å². The molecule has 4 heteroatoms. The van der Waals surface area contributed by atoms with Crippen LogP contribution in [0.5, 0.6) is 5.75 Å². The number of para-hydroxylation sites is 1. The summed E-state index contributed by atoms with van der Waals surface area (Å²) >= 11 is 0. The first-order chi connectivity index (χ1) is 8.24. The van der Waals surface area contributed by atoms with E-state index < -0.39 is 5.97 Å². The van der Waals surface area contributed by atoms with E-state index in [2.05, 4.69) is 12.2 Å². The molecule has 0 fully saturated rings. The van der Waals surface area contributed by atoms with Gasteiger partial charge in [0, 0.05) is 12.1 Å². The maximum Gasteiger partial charge on any atom is 0.341 e. The minimum atomic E-state index is -0.959. The maximum absolute atomic E-state index is 10.4. The highest BCUT2D eigenvalue weighted by Crippen LogP contribution is 2.17. The van der Waals surface area contributed by atoms with Crippen LogP contribution < -0.4 is 10.1 Å². The van der Waals surface area contributed by atoms with Gasteiger partial charge < -0.3 is 15.2 Å². The van der Waals surface area contributed by atoms with E-state index in [1.807, 2.05) is 18.2 Å². The van der Waals surface area contributed by atoms with Crippen molar-refractivity contribution in [3.63, 3.8) is 0 Å². The van der Waals surface area contributed by atoms with Gasteiger partial charge >= 0.3 is 5.97 Å². The summed E-state index contributed by atoms with van der Waals surface area (Å²) in [5.74, 6) is -0.322. The van der Waals surface area contributed by atoms with Crippen LogP contribution in [0.3, 0.4) is 0 Å². The Morgan fingerprint density at radius 2 is 2.18 bits per heavy atom. The topological polar surface area (TPSA) is 58.6 Å². The third-order valence-electron chi connectivity index (χ3n) is 2.35. The number of ether oxygens (including phenoxy) is 1. The Bertz CT molecular complexity index is 352. The molecule has 0 unspecified atom stereocenters. The number of unbranched alkanes of at least 4 members (excludes halogenated alkanes) is 1. The fourth-order valence-electron chi connectivity index (χ4n) is 1.46. The van der Waals surface area contributed by atoms with Gasteiger partial charge in [-0.25, -0.2) is 4.79 Å². The van der Waals surface area contributed by atoms with Crippen LogP contribution in [0, 0.1) is 0 Å². The van der Waals surface area contributed by atoms with E-state index in [4.69, 9.17) is 9.84 Å². The Kier molecular flexibility index (Phi) is 6.10. The average molecular weight is 237 g/mol. The van der Waals surface area contributed by atoms with Gasteiger partial charge in [0.05, 0.1) is 0 Å². The molecular weight excluding hydrogens is 218 g/mol. The van der Waals surface area contributed by atoms with Crippen LogP contribution in [0.1, 0.15) is 25.3 Å². The average Bonchev–Trinajstić information content (AvgIpc) is 2.33. The Balaban J connectivity index is 2.48. The molecule has 0 amide bonds. The summed E-state index contributed by atoms with van der Waals surface area (Å²) in [5, 5.41) is 11.9. The zero-order valence-corrected chi connectivity index (χ0v) is 10.1. The molecule has 2 N–H and O–H groups in total. The van der Waals surface area contributed by atoms with Gasteiger partial charge in [-0.3, -0.25) is 0 Å². The summed E-state index contributed by atoms with van der Waals surface area (Å²) in [6.45, 7) is 3.51. The number of carboxylic acids is 1. The monoisotopic (exact) mass is 237 g/mol. The van der Waals surface area contributed by atoms with Crippen LogP contribution in [-0.4, -0.2) is 24.2 Å². The summed E-state index contributed by atoms with van der Waals surface area (Å²) in [4.78, 5) is 10.4. The summed E-state index contributed by atoms with van der Waals surface area (Å²) in [7, 11) is 0. The predicted octanol–water partition coefficient (Wildman–Crippen LogP) is 2.04. The second kappa shape index (κ2) is 7.68.